The second kappa shape index (κ2) is 5.79. The standard InChI is InChI=1S/C11H15N5O2S/c1-3-5-12-10-8(13-14-19-10)7-16-9(17)4-6-15(2)11(16)18/h4,6,12H,3,5,7H2,1-2H3. The van der Waals surface area contributed by atoms with Crippen molar-refractivity contribution in [1.29, 1.82) is 0 Å². The van der Waals surface area contributed by atoms with Crippen LogP contribution in [0.2, 0.25) is 0 Å². The lowest BCUT2D eigenvalue weighted by molar-refractivity contribution is 0.630. The van der Waals surface area contributed by atoms with Crippen LogP contribution in [-0.2, 0) is 13.6 Å². The van der Waals surface area contributed by atoms with Crippen molar-refractivity contribution in [3.05, 3.63) is 38.8 Å². The van der Waals surface area contributed by atoms with Crippen LogP contribution in [0.25, 0.3) is 0 Å². The summed E-state index contributed by atoms with van der Waals surface area (Å²) in [7, 11) is 1.60. The van der Waals surface area contributed by atoms with E-state index in [1.807, 2.05) is 0 Å². The fourth-order valence-electron chi connectivity index (χ4n) is 1.59. The summed E-state index contributed by atoms with van der Waals surface area (Å²) >= 11 is 1.23. The molecule has 0 aromatic carbocycles. The van der Waals surface area contributed by atoms with Crippen molar-refractivity contribution in [3.63, 3.8) is 0 Å². The van der Waals surface area contributed by atoms with Gasteiger partial charge in [0.1, 0.15) is 10.7 Å². The zero-order valence-corrected chi connectivity index (χ0v) is 11.6. The molecule has 7 nitrogen and oxygen atoms in total. The number of hydrogen-bond donors (Lipinski definition) is 1. The summed E-state index contributed by atoms with van der Waals surface area (Å²) in [6.45, 7) is 2.99. The Morgan fingerprint density at radius 2 is 2.21 bits per heavy atom. The van der Waals surface area contributed by atoms with Gasteiger partial charge in [-0.05, 0) is 6.42 Å². The largest absolute Gasteiger partial charge is 0.374 e. The molecule has 8 heteroatoms. The van der Waals surface area contributed by atoms with Gasteiger partial charge in [0.25, 0.3) is 5.56 Å². The zero-order chi connectivity index (χ0) is 13.8. The molecule has 0 radical (unpaired) electrons. The van der Waals surface area contributed by atoms with Gasteiger partial charge in [-0.2, -0.15) is 0 Å². The SMILES string of the molecule is CCCNc1snnc1Cn1c(=O)ccn(C)c1=O. The number of rotatable bonds is 5. The molecule has 0 fully saturated rings. The molecule has 2 aromatic heterocycles. The Bertz CT molecular complexity index is 672. The molecule has 2 heterocycles. The lowest BCUT2D eigenvalue weighted by Crippen LogP contribution is -2.38. The fourth-order valence-corrected chi connectivity index (χ4v) is 2.19. The van der Waals surface area contributed by atoms with Gasteiger partial charge in [-0.3, -0.25) is 9.36 Å². The van der Waals surface area contributed by atoms with Crippen LogP contribution in [0.3, 0.4) is 0 Å². The summed E-state index contributed by atoms with van der Waals surface area (Å²) in [5.41, 5.74) is -0.0802. The summed E-state index contributed by atoms with van der Waals surface area (Å²) in [6.07, 6.45) is 2.43. The van der Waals surface area contributed by atoms with E-state index in [1.54, 1.807) is 7.05 Å². The maximum atomic E-state index is 11.9. The minimum atomic E-state index is -0.359. The number of hydrogen-bond acceptors (Lipinski definition) is 6. The van der Waals surface area contributed by atoms with Gasteiger partial charge in [0, 0.05) is 37.4 Å². The van der Waals surface area contributed by atoms with E-state index < -0.39 is 0 Å². The van der Waals surface area contributed by atoms with Gasteiger partial charge in [0.2, 0.25) is 0 Å². The summed E-state index contributed by atoms with van der Waals surface area (Å²) in [5, 5.41) is 7.97. The Morgan fingerprint density at radius 3 is 2.95 bits per heavy atom. The van der Waals surface area contributed by atoms with Crippen molar-refractivity contribution in [2.45, 2.75) is 19.9 Å². The molecule has 0 aliphatic rings. The van der Waals surface area contributed by atoms with E-state index in [-0.39, 0.29) is 17.8 Å². The first kappa shape index (κ1) is 13.5. The summed E-state index contributed by atoms with van der Waals surface area (Å²) in [5.74, 6) is 0. The first-order valence-electron chi connectivity index (χ1n) is 5.95. The van der Waals surface area contributed by atoms with Crippen molar-refractivity contribution in [2.24, 2.45) is 7.05 Å². The fraction of sp³-hybridized carbons (Fsp3) is 0.455. The summed E-state index contributed by atoms with van der Waals surface area (Å²) in [4.78, 5) is 23.6. The van der Waals surface area contributed by atoms with Crippen molar-refractivity contribution < 1.29 is 0 Å². The van der Waals surface area contributed by atoms with E-state index in [0.29, 0.717) is 5.69 Å². The molecule has 0 unspecified atom stereocenters. The van der Waals surface area contributed by atoms with Crippen molar-refractivity contribution in [1.82, 2.24) is 18.7 Å². The second-order valence-electron chi connectivity index (χ2n) is 4.11. The maximum absolute atomic E-state index is 11.9. The van der Waals surface area contributed by atoms with Gasteiger partial charge in [-0.1, -0.05) is 11.4 Å². The predicted molar refractivity (Wildman–Crippen MR) is 73.7 cm³/mol. The van der Waals surface area contributed by atoms with Gasteiger partial charge < -0.3 is 9.88 Å². The Kier molecular flexibility index (Phi) is 4.10. The van der Waals surface area contributed by atoms with Crippen LogP contribution in [0.1, 0.15) is 19.0 Å². The van der Waals surface area contributed by atoms with Gasteiger partial charge in [-0.15, -0.1) is 5.10 Å². The zero-order valence-electron chi connectivity index (χ0n) is 10.8. The highest BCUT2D eigenvalue weighted by Gasteiger charge is 2.11. The molecule has 0 atom stereocenters. The van der Waals surface area contributed by atoms with Crippen LogP contribution in [0.15, 0.2) is 21.9 Å². The van der Waals surface area contributed by atoms with E-state index in [1.165, 1.54) is 28.4 Å². The monoisotopic (exact) mass is 281 g/mol. The molecule has 1 N–H and O–H groups in total. The van der Waals surface area contributed by atoms with Crippen molar-refractivity contribution >= 4 is 16.5 Å². The molecule has 0 saturated carbocycles. The van der Waals surface area contributed by atoms with E-state index in [4.69, 9.17) is 0 Å². The van der Waals surface area contributed by atoms with Crippen LogP contribution in [0, 0.1) is 0 Å². The van der Waals surface area contributed by atoms with Gasteiger partial charge in [0.05, 0.1) is 6.54 Å². The van der Waals surface area contributed by atoms with Gasteiger partial charge in [0.15, 0.2) is 0 Å². The topological polar surface area (TPSA) is 81.8 Å². The molecule has 0 aliphatic heterocycles. The lowest BCUT2D eigenvalue weighted by Gasteiger charge is -2.06. The van der Waals surface area contributed by atoms with Crippen LogP contribution < -0.4 is 16.6 Å². The molecular formula is C11H15N5O2S. The second-order valence-corrected chi connectivity index (χ2v) is 4.86. The molecule has 0 amide bonds. The van der Waals surface area contributed by atoms with E-state index in [2.05, 4.69) is 21.8 Å². The Hall–Kier alpha value is -1.96. The summed E-state index contributed by atoms with van der Waals surface area (Å²) < 4.78 is 6.37. The van der Waals surface area contributed by atoms with Gasteiger partial charge >= 0.3 is 5.69 Å². The first-order chi connectivity index (χ1) is 9.13. The Balaban J connectivity index is 2.32. The lowest BCUT2D eigenvalue weighted by atomic mass is 10.4. The highest BCUT2D eigenvalue weighted by Crippen LogP contribution is 2.17. The molecule has 0 saturated heterocycles. The quantitative estimate of drug-likeness (QED) is 0.850. The molecule has 102 valence electrons. The average Bonchev–Trinajstić information content (AvgIpc) is 2.84. The third-order valence-electron chi connectivity index (χ3n) is 2.64. The van der Waals surface area contributed by atoms with Gasteiger partial charge in [-0.25, -0.2) is 4.79 Å². The summed E-state index contributed by atoms with van der Waals surface area (Å²) in [6, 6.07) is 1.36. The smallest absolute Gasteiger partial charge is 0.331 e. The third kappa shape index (κ3) is 2.90. The van der Waals surface area contributed by atoms with Crippen LogP contribution in [0.4, 0.5) is 5.00 Å². The molecule has 19 heavy (non-hydrogen) atoms. The molecular weight excluding hydrogens is 266 g/mol. The molecule has 0 bridgehead atoms. The molecule has 0 aliphatic carbocycles. The highest BCUT2D eigenvalue weighted by atomic mass is 32.1. The normalized spacial score (nSPS) is 10.6. The molecule has 2 rings (SSSR count). The number of nitrogens with one attached hydrogen (secondary N) is 1. The predicted octanol–water partition coefficient (Wildman–Crippen LogP) is 0.269. The number of nitrogens with zero attached hydrogens (tertiary/aromatic N) is 4. The number of aryl methyl sites for hydroxylation is 1. The Morgan fingerprint density at radius 1 is 1.42 bits per heavy atom. The number of aromatic nitrogens is 4. The van der Waals surface area contributed by atoms with Crippen molar-refractivity contribution in [2.75, 3.05) is 11.9 Å². The maximum Gasteiger partial charge on any atom is 0.331 e. The molecule has 2 aromatic rings. The van der Waals surface area contributed by atoms with Crippen LogP contribution in [0.5, 0.6) is 0 Å². The Labute approximate surface area is 113 Å². The minimum Gasteiger partial charge on any atom is -0.374 e. The minimum absolute atomic E-state index is 0.134. The van der Waals surface area contributed by atoms with E-state index >= 15 is 0 Å². The van der Waals surface area contributed by atoms with Crippen molar-refractivity contribution in [3.8, 4) is 0 Å². The highest BCUT2D eigenvalue weighted by molar-refractivity contribution is 7.10. The number of anilines is 1. The van der Waals surface area contributed by atoms with Crippen LogP contribution in [-0.4, -0.2) is 25.3 Å². The third-order valence-corrected chi connectivity index (χ3v) is 3.36. The average molecular weight is 281 g/mol. The van der Waals surface area contributed by atoms with E-state index in [9.17, 15) is 9.59 Å². The molecule has 0 spiro atoms. The first-order valence-corrected chi connectivity index (χ1v) is 6.72. The van der Waals surface area contributed by atoms with Crippen LogP contribution >= 0.6 is 11.5 Å². The van der Waals surface area contributed by atoms with E-state index in [0.717, 1.165) is 22.5 Å².